The van der Waals surface area contributed by atoms with E-state index >= 15 is 0 Å². The molecule has 222 valence electrons. The minimum atomic E-state index is -0.0219. The van der Waals surface area contributed by atoms with Crippen LogP contribution in [0.2, 0.25) is 0 Å². The summed E-state index contributed by atoms with van der Waals surface area (Å²) in [5.41, 5.74) is 17.4. The number of anilines is 8. The van der Waals surface area contributed by atoms with Crippen molar-refractivity contribution in [2.75, 3.05) is 19.2 Å². The lowest BCUT2D eigenvalue weighted by Gasteiger charge is -2.37. The predicted octanol–water partition coefficient (Wildman–Crippen LogP) is 9.02. The van der Waals surface area contributed by atoms with E-state index in [2.05, 4.69) is 189 Å². The van der Waals surface area contributed by atoms with Gasteiger partial charge >= 0.3 is 14.0 Å². The molecule has 0 N–H and O–H groups in total. The van der Waals surface area contributed by atoms with Crippen molar-refractivity contribution >= 4 is 70.4 Å². The van der Waals surface area contributed by atoms with Gasteiger partial charge in [0.15, 0.2) is 0 Å². The Morgan fingerprint density at radius 1 is 0.271 bits per heavy atom. The van der Waals surface area contributed by atoms with E-state index in [0.717, 1.165) is 0 Å². The maximum Gasteiger partial charge on any atom is 0.421 e. The second-order valence-electron chi connectivity index (χ2n) is 12.9. The van der Waals surface area contributed by atoms with Crippen LogP contribution in [0.1, 0.15) is 0 Å². The summed E-state index contributed by atoms with van der Waals surface area (Å²) in [5, 5.41) is 0. The van der Waals surface area contributed by atoms with Gasteiger partial charge in [-0.1, -0.05) is 121 Å². The molecule has 0 saturated carbocycles. The van der Waals surface area contributed by atoms with Gasteiger partial charge in [0, 0.05) is 33.9 Å². The number of benzene rings is 7. The average molecular weight is 610 g/mol. The van der Waals surface area contributed by atoms with E-state index in [-0.39, 0.29) is 14.0 Å². The molecule has 0 atom stereocenters. The number of hydrogen-bond acceptors (Lipinski definition) is 4. The highest BCUT2D eigenvalue weighted by molar-refractivity contribution is 6.88. The maximum atomic E-state index is 2.57. The Morgan fingerprint density at radius 3 is 1.04 bits per heavy atom. The summed E-state index contributed by atoms with van der Waals surface area (Å²) < 4.78 is 0. The molecule has 0 fully saturated rings. The van der Waals surface area contributed by atoms with Crippen molar-refractivity contribution in [3.05, 3.63) is 170 Å². The summed E-state index contributed by atoms with van der Waals surface area (Å²) in [4.78, 5) is 10.2. The minimum Gasteiger partial charge on any atom is -0.360 e. The van der Waals surface area contributed by atoms with E-state index in [0.29, 0.717) is 0 Å². The zero-order valence-electron chi connectivity index (χ0n) is 26.1. The molecule has 0 aromatic heterocycles. The first-order valence-corrected chi connectivity index (χ1v) is 16.7. The molecule has 0 saturated heterocycles. The highest BCUT2D eigenvalue weighted by Gasteiger charge is 2.52. The van der Waals surface area contributed by atoms with Gasteiger partial charge in [-0.3, -0.25) is 0 Å². The summed E-state index contributed by atoms with van der Waals surface area (Å²) in [6.45, 7) is -0.0438. The Bertz CT molecular complexity index is 2210. The number of para-hydroxylation sites is 4. The fraction of sp³-hybridized carbons (Fsp3) is 0. The third-order valence-corrected chi connectivity index (χ3v) is 10.5. The summed E-state index contributed by atoms with van der Waals surface area (Å²) in [6.07, 6.45) is 0. The van der Waals surface area contributed by atoms with E-state index < -0.39 is 0 Å². The first-order chi connectivity index (χ1) is 23.9. The Labute approximate surface area is 281 Å². The summed E-state index contributed by atoms with van der Waals surface area (Å²) >= 11 is 0. The zero-order chi connectivity index (χ0) is 31.3. The lowest BCUT2D eigenvalue weighted by Crippen LogP contribution is -2.56. The number of nitrogens with zero attached hydrogens (tertiary/aromatic N) is 4. The van der Waals surface area contributed by atoms with Gasteiger partial charge in [-0.15, -0.1) is 0 Å². The van der Waals surface area contributed by atoms with Crippen LogP contribution in [0.3, 0.4) is 0 Å². The van der Waals surface area contributed by atoms with Crippen LogP contribution in [0.4, 0.5) is 45.5 Å². The summed E-state index contributed by atoms with van der Waals surface area (Å²) in [6, 6.07) is 62.4. The van der Waals surface area contributed by atoms with E-state index in [1.54, 1.807) is 0 Å². The van der Waals surface area contributed by atoms with Crippen LogP contribution in [0.15, 0.2) is 170 Å². The van der Waals surface area contributed by atoms with Crippen LogP contribution in [0, 0.1) is 0 Å². The monoisotopic (exact) mass is 610 g/mol. The van der Waals surface area contributed by atoms with Crippen LogP contribution in [0.5, 0.6) is 0 Å². The summed E-state index contributed by atoms with van der Waals surface area (Å²) in [5.74, 6) is 0. The highest BCUT2D eigenvalue weighted by Crippen LogP contribution is 2.58. The van der Waals surface area contributed by atoms with Gasteiger partial charge in [-0.05, 0) is 70.6 Å². The van der Waals surface area contributed by atoms with Crippen molar-refractivity contribution in [2.45, 2.75) is 0 Å². The van der Waals surface area contributed by atoms with Crippen molar-refractivity contribution in [3.8, 4) is 22.3 Å². The maximum absolute atomic E-state index is 2.57. The Kier molecular flexibility index (Phi) is 5.25. The number of rotatable bonds is 2. The quantitative estimate of drug-likeness (QED) is 0.181. The topological polar surface area (TPSA) is 13.0 Å². The molecule has 0 unspecified atom stereocenters. The molecule has 4 nitrogen and oxygen atoms in total. The van der Waals surface area contributed by atoms with Gasteiger partial charge in [-0.2, -0.15) is 0 Å². The lowest BCUT2D eigenvalue weighted by atomic mass is 9.59. The van der Waals surface area contributed by atoms with Gasteiger partial charge in [-0.25, -0.2) is 0 Å². The molecular formula is C42H28B2N4. The fourth-order valence-corrected chi connectivity index (χ4v) is 8.66. The molecule has 0 spiro atoms. The SMILES string of the molecule is c1ccc(N2B3c4ccccc4-c4ccccc4N3c3cc4c(cc32)N2B(c3ccccc3-c3ccccc32)N4c2ccccc2)cc1. The molecular weight excluding hydrogens is 582 g/mol. The molecule has 48 heavy (non-hydrogen) atoms. The van der Waals surface area contributed by atoms with Gasteiger partial charge in [0.25, 0.3) is 0 Å². The first-order valence-electron chi connectivity index (χ1n) is 16.7. The predicted molar refractivity (Wildman–Crippen MR) is 202 cm³/mol. The second kappa shape index (κ2) is 9.69. The van der Waals surface area contributed by atoms with Crippen molar-refractivity contribution in [1.29, 1.82) is 0 Å². The molecule has 0 bridgehead atoms. The first kappa shape index (κ1) is 26.0. The molecule has 0 aliphatic carbocycles. The van der Waals surface area contributed by atoms with Gasteiger partial charge in [0.05, 0.1) is 22.7 Å². The van der Waals surface area contributed by atoms with Crippen LogP contribution in [-0.2, 0) is 0 Å². The Hall–Kier alpha value is -6.13. The standard InChI is InChI=1S/C42H28B2N4/c1-3-15-29(16-4-1)45-39-27-42-40(28-41(39)47-37-25-13-9-21-33(37)31-19-7-11-23-35(31)43(45)47)46(30-17-5-2-6-18-30)44-36-24-12-8-20-32(36)34-22-10-14-26-38(34)48(42)44/h1-28H. The number of hydrogen-bond donors (Lipinski definition) is 0. The van der Waals surface area contributed by atoms with Crippen LogP contribution < -0.4 is 30.2 Å². The molecule has 6 heteroatoms. The average Bonchev–Trinajstić information content (AvgIpc) is 3.68. The Morgan fingerprint density at radius 2 is 0.604 bits per heavy atom. The summed E-state index contributed by atoms with van der Waals surface area (Å²) in [7, 11) is 0. The fourth-order valence-electron chi connectivity index (χ4n) is 8.66. The molecule has 7 aromatic rings. The van der Waals surface area contributed by atoms with Crippen molar-refractivity contribution in [3.63, 3.8) is 0 Å². The normalized spacial score (nSPS) is 14.4. The van der Waals surface area contributed by atoms with Crippen molar-refractivity contribution < 1.29 is 0 Å². The van der Waals surface area contributed by atoms with E-state index in [4.69, 9.17) is 0 Å². The van der Waals surface area contributed by atoms with E-state index in [1.807, 2.05) is 0 Å². The largest absolute Gasteiger partial charge is 0.421 e. The highest BCUT2D eigenvalue weighted by atomic mass is 15.3. The molecule has 0 radical (unpaired) electrons. The van der Waals surface area contributed by atoms with Crippen molar-refractivity contribution in [1.82, 2.24) is 0 Å². The van der Waals surface area contributed by atoms with Gasteiger partial charge in [0.1, 0.15) is 0 Å². The zero-order valence-corrected chi connectivity index (χ0v) is 26.1. The molecule has 11 rings (SSSR count). The van der Waals surface area contributed by atoms with E-state index in [1.165, 1.54) is 78.7 Å². The second-order valence-corrected chi connectivity index (χ2v) is 12.9. The van der Waals surface area contributed by atoms with Gasteiger partial charge < -0.3 is 19.2 Å². The van der Waals surface area contributed by atoms with Crippen LogP contribution in [-0.4, -0.2) is 14.0 Å². The lowest BCUT2D eigenvalue weighted by molar-refractivity contribution is 1.36. The third-order valence-electron chi connectivity index (χ3n) is 10.5. The third kappa shape index (κ3) is 3.36. The molecule has 4 aliphatic rings. The van der Waals surface area contributed by atoms with Crippen molar-refractivity contribution in [2.24, 2.45) is 0 Å². The smallest absolute Gasteiger partial charge is 0.360 e. The molecule has 4 aliphatic heterocycles. The molecule has 7 aromatic carbocycles. The molecule has 0 amide bonds. The van der Waals surface area contributed by atoms with E-state index in [9.17, 15) is 0 Å². The van der Waals surface area contributed by atoms with Crippen LogP contribution >= 0.6 is 0 Å². The van der Waals surface area contributed by atoms with Crippen LogP contribution in [0.25, 0.3) is 22.3 Å². The minimum absolute atomic E-state index is 0.0219. The molecule has 4 heterocycles. The Balaban J connectivity index is 1.23. The number of fused-ring (bicyclic) bond motifs is 16. The van der Waals surface area contributed by atoms with Gasteiger partial charge in [0.2, 0.25) is 0 Å².